The second kappa shape index (κ2) is 4.74. The number of halogens is 2. The van der Waals surface area contributed by atoms with E-state index in [1.165, 1.54) is 0 Å². The molecule has 0 aliphatic heterocycles. The van der Waals surface area contributed by atoms with Crippen LogP contribution in [0.1, 0.15) is 41.0 Å². The molecule has 4 atom stereocenters. The van der Waals surface area contributed by atoms with Crippen molar-refractivity contribution in [2.75, 3.05) is 0 Å². The van der Waals surface area contributed by atoms with Gasteiger partial charge in [-0.3, -0.25) is 0 Å². The molecule has 0 unspecified atom stereocenters. The molecule has 114 valence electrons. The third-order valence-electron chi connectivity index (χ3n) is 4.48. The van der Waals surface area contributed by atoms with Crippen molar-refractivity contribution in [1.82, 2.24) is 0 Å². The third kappa shape index (κ3) is 2.25. The first-order chi connectivity index (χ1) is 8.97. The molecule has 2 nitrogen and oxygen atoms in total. The predicted octanol–water partition coefficient (Wildman–Crippen LogP) is 4.25. The predicted molar refractivity (Wildman–Crippen MR) is 84.2 cm³/mol. The molecule has 0 heterocycles. The minimum Gasteiger partial charge on any atom is -0.393 e. The zero-order valence-electron chi connectivity index (χ0n) is 12.8. The van der Waals surface area contributed by atoms with Crippen molar-refractivity contribution in [3.63, 3.8) is 0 Å². The topological polar surface area (TPSA) is 29.5 Å². The van der Waals surface area contributed by atoms with Crippen molar-refractivity contribution in [1.29, 1.82) is 0 Å². The molecule has 2 aliphatic carbocycles. The van der Waals surface area contributed by atoms with Crippen molar-refractivity contribution >= 4 is 23.2 Å². The maximum absolute atomic E-state index is 9.50. The van der Waals surface area contributed by atoms with Crippen LogP contribution >= 0.6 is 23.2 Å². The fraction of sp³-hybridized carbons (Fsp3) is 0.750. The van der Waals surface area contributed by atoms with Crippen molar-refractivity contribution in [2.45, 2.75) is 63.2 Å². The number of rotatable bonds is 4. The lowest BCUT2D eigenvalue weighted by atomic mass is 9.92. The van der Waals surface area contributed by atoms with E-state index in [1.54, 1.807) is 6.92 Å². The smallest absolute Gasteiger partial charge is 0.163 e. The SMILES string of the molecule is C[C@H](C[C@@H](C)O)O[C@]12C=CC(C)(C)C=C[C@@]1(C)C2(Cl)Cl. The summed E-state index contributed by atoms with van der Waals surface area (Å²) < 4.78 is 5.22. The minimum atomic E-state index is -0.976. The number of hydrogen-bond donors (Lipinski definition) is 1. The van der Waals surface area contributed by atoms with Crippen LogP contribution in [-0.2, 0) is 4.74 Å². The van der Waals surface area contributed by atoms with E-state index in [2.05, 4.69) is 32.1 Å². The van der Waals surface area contributed by atoms with E-state index < -0.39 is 21.5 Å². The fourth-order valence-corrected chi connectivity index (χ4v) is 3.92. The Morgan fingerprint density at radius 1 is 1.05 bits per heavy atom. The van der Waals surface area contributed by atoms with Crippen molar-refractivity contribution in [2.24, 2.45) is 10.8 Å². The molecular weight excluding hydrogens is 295 g/mol. The first-order valence-electron chi connectivity index (χ1n) is 7.12. The quantitative estimate of drug-likeness (QED) is 0.620. The standard InChI is InChI=1S/C16H24Cl2O2/c1-11(19)10-12(2)20-15-9-7-13(3,4)6-8-14(15,5)16(15,17)18/h6-9,11-12,19H,10H2,1-5H3/t11-,12-,14-,15-/m1/s1. The average Bonchev–Trinajstić information content (AvgIpc) is 2.68. The molecule has 0 saturated heterocycles. The second-order valence-corrected chi connectivity index (χ2v) is 8.34. The molecule has 4 heteroatoms. The second-order valence-electron chi connectivity index (χ2n) is 7.01. The number of fused-ring (bicyclic) bond motifs is 1. The van der Waals surface area contributed by atoms with Gasteiger partial charge in [0, 0.05) is 5.41 Å². The van der Waals surface area contributed by atoms with Crippen LogP contribution in [0.15, 0.2) is 24.3 Å². The number of hydrogen-bond acceptors (Lipinski definition) is 2. The average molecular weight is 319 g/mol. The summed E-state index contributed by atoms with van der Waals surface area (Å²) in [6, 6.07) is 0. The Balaban J connectivity index is 2.30. The number of aliphatic hydroxyl groups is 1. The van der Waals surface area contributed by atoms with E-state index in [0.29, 0.717) is 6.42 Å². The molecule has 0 amide bonds. The van der Waals surface area contributed by atoms with Gasteiger partial charge in [-0.2, -0.15) is 0 Å². The summed E-state index contributed by atoms with van der Waals surface area (Å²) in [5, 5.41) is 9.50. The highest BCUT2D eigenvalue weighted by atomic mass is 35.5. The molecule has 0 aromatic rings. The molecule has 1 N–H and O–H groups in total. The van der Waals surface area contributed by atoms with Crippen molar-refractivity contribution in [3.05, 3.63) is 24.3 Å². The van der Waals surface area contributed by atoms with Gasteiger partial charge in [-0.15, -0.1) is 0 Å². The van der Waals surface area contributed by atoms with Gasteiger partial charge >= 0.3 is 0 Å². The van der Waals surface area contributed by atoms with Crippen LogP contribution in [0.5, 0.6) is 0 Å². The van der Waals surface area contributed by atoms with Gasteiger partial charge in [0.25, 0.3) is 0 Å². The highest BCUT2D eigenvalue weighted by Crippen LogP contribution is 2.76. The Bertz CT molecular complexity index is 453. The van der Waals surface area contributed by atoms with Gasteiger partial charge in [-0.25, -0.2) is 0 Å². The first-order valence-corrected chi connectivity index (χ1v) is 7.87. The first kappa shape index (κ1) is 16.4. The monoisotopic (exact) mass is 318 g/mol. The maximum atomic E-state index is 9.50. The highest BCUT2D eigenvalue weighted by Gasteiger charge is 2.84. The summed E-state index contributed by atoms with van der Waals surface area (Å²) in [5.74, 6) is 0. The molecule has 20 heavy (non-hydrogen) atoms. The number of ether oxygens (including phenoxy) is 1. The number of alkyl halides is 2. The van der Waals surface area contributed by atoms with Gasteiger partial charge in [0.1, 0.15) is 5.60 Å². The van der Waals surface area contributed by atoms with Crippen LogP contribution in [0.3, 0.4) is 0 Å². The molecule has 0 bridgehead atoms. The van der Waals surface area contributed by atoms with E-state index in [-0.39, 0.29) is 11.5 Å². The molecule has 0 radical (unpaired) electrons. The van der Waals surface area contributed by atoms with Crippen molar-refractivity contribution in [3.8, 4) is 0 Å². The van der Waals surface area contributed by atoms with Crippen LogP contribution < -0.4 is 0 Å². The molecule has 0 aromatic heterocycles. The summed E-state index contributed by atoms with van der Waals surface area (Å²) in [6.45, 7) is 9.97. The van der Waals surface area contributed by atoms with Gasteiger partial charge in [0.15, 0.2) is 4.33 Å². The van der Waals surface area contributed by atoms with Crippen molar-refractivity contribution < 1.29 is 9.84 Å². The zero-order chi connectivity index (χ0) is 15.4. The van der Waals surface area contributed by atoms with E-state index in [9.17, 15) is 5.11 Å². The number of allylic oxidation sites excluding steroid dienone is 2. The Labute approximate surface area is 131 Å². The van der Waals surface area contributed by atoms with Gasteiger partial charge in [-0.1, -0.05) is 61.4 Å². The Kier molecular flexibility index (Phi) is 3.88. The molecule has 2 rings (SSSR count). The zero-order valence-corrected chi connectivity index (χ0v) is 14.3. The summed E-state index contributed by atoms with van der Waals surface area (Å²) >= 11 is 13.1. The lowest BCUT2D eigenvalue weighted by molar-refractivity contribution is -0.0304. The lowest BCUT2D eigenvalue weighted by Crippen LogP contribution is -2.29. The normalized spacial score (nSPS) is 39.8. The highest BCUT2D eigenvalue weighted by molar-refractivity contribution is 6.53. The van der Waals surface area contributed by atoms with E-state index >= 15 is 0 Å². The largest absolute Gasteiger partial charge is 0.393 e. The van der Waals surface area contributed by atoms with Gasteiger partial charge < -0.3 is 9.84 Å². The van der Waals surface area contributed by atoms with E-state index in [0.717, 1.165) is 0 Å². The van der Waals surface area contributed by atoms with E-state index in [4.69, 9.17) is 27.9 Å². The van der Waals surface area contributed by atoms with Gasteiger partial charge in [-0.05, 0) is 27.2 Å². The molecule has 0 aromatic carbocycles. The van der Waals surface area contributed by atoms with Crippen LogP contribution in [-0.4, -0.2) is 27.2 Å². The van der Waals surface area contributed by atoms with E-state index in [1.807, 2.05) is 19.9 Å². The summed E-state index contributed by atoms with van der Waals surface area (Å²) in [7, 11) is 0. The number of aliphatic hydroxyl groups excluding tert-OH is 1. The third-order valence-corrected chi connectivity index (χ3v) is 5.83. The lowest BCUT2D eigenvalue weighted by Gasteiger charge is -2.24. The maximum Gasteiger partial charge on any atom is 0.163 e. The van der Waals surface area contributed by atoms with Gasteiger partial charge in [0.2, 0.25) is 0 Å². The van der Waals surface area contributed by atoms with Crippen LogP contribution in [0, 0.1) is 10.8 Å². The molecule has 2 aliphatic rings. The minimum absolute atomic E-state index is 0.0375. The summed E-state index contributed by atoms with van der Waals surface area (Å²) in [4.78, 5) is 0. The molecule has 0 spiro atoms. The summed E-state index contributed by atoms with van der Waals surface area (Å²) in [6.07, 6.45) is 8.33. The Morgan fingerprint density at radius 2 is 1.60 bits per heavy atom. The molecule has 1 saturated carbocycles. The summed E-state index contributed by atoms with van der Waals surface area (Å²) in [5.41, 5.74) is -1.20. The molecular formula is C16H24Cl2O2. The Hall–Kier alpha value is -0.0200. The Morgan fingerprint density at radius 3 is 2.15 bits per heavy atom. The van der Waals surface area contributed by atoms with Crippen LogP contribution in [0.25, 0.3) is 0 Å². The molecule has 1 fully saturated rings. The fourth-order valence-electron chi connectivity index (χ4n) is 3.00. The van der Waals surface area contributed by atoms with Crippen LogP contribution in [0.4, 0.5) is 0 Å². The van der Waals surface area contributed by atoms with Crippen LogP contribution in [0.2, 0.25) is 0 Å². The van der Waals surface area contributed by atoms with Gasteiger partial charge in [0.05, 0.1) is 17.6 Å².